The van der Waals surface area contributed by atoms with Crippen molar-refractivity contribution in [1.82, 2.24) is 0 Å². The number of alkyl halides is 2. The lowest BCUT2D eigenvalue weighted by Gasteiger charge is -2.55. The molecule has 2 bridgehead atoms. The summed E-state index contributed by atoms with van der Waals surface area (Å²) in [6.07, 6.45) is 0. The van der Waals surface area contributed by atoms with Crippen molar-refractivity contribution in [2.45, 2.75) is 8.65 Å². The van der Waals surface area contributed by atoms with Gasteiger partial charge in [-0.15, -0.1) is 0 Å². The fourth-order valence-corrected chi connectivity index (χ4v) is 8.65. The molecule has 38 heavy (non-hydrogen) atoms. The normalized spacial score (nSPS) is 26.5. The van der Waals surface area contributed by atoms with Crippen molar-refractivity contribution < 1.29 is 19.1 Å². The molecule has 4 aromatic carbocycles. The van der Waals surface area contributed by atoms with Crippen LogP contribution in [0.5, 0.6) is 5.75 Å². The van der Waals surface area contributed by atoms with E-state index >= 15 is 0 Å². The highest BCUT2D eigenvalue weighted by Crippen LogP contribution is 2.70. The maximum atomic E-state index is 14.2. The number of para-hydroxylation sites is 1. The van der Waals surface area contributed by atoms with Gasteiger partial charge in [0.25, 0.3) is 0 Å². The Bertz CT molecular complexity index is 1550. The van der Waals surface area contributed by atoms with Crippen molar-refractivity contribution >= 4 is 55.3 Å². The lowest BCUT2D eigenvalue weighted by molar-refractivity contribution is -0.122. The number of benzene rings is 4. The van der Waals surface area contributed by atoms with E-state index < -0.39 is 26.5 Å². The molecule has 0 saturated carbocycles. The Hall–Kier alpha value is -3.55. The van der Waals surface area contributed by atoms with Gasteiger partial charge in [0, 0.05) is 0 Å². The number of halogens is 2. The van der Waals surface area contributed by atoms with E-state index in [4.69, 9.17) is 4.74 Å². The number of anilines is 1. The lowest BCUT2D eigenvalue weighted by atomic mass is 9.54. The number of hydrogen-bond acceptors (Lipinski definition) is 4. The van der Waals surface area contributed by atoms with E-state index in [0.717, 1.165) is 22.3 Å². The van der Waals surface area contributed by atoms with Crippen molar-refractivity contribution in [3.63, 3.8) is 0 Å². The van der Waals surface area contributed by atoms with Crippen LogP contribution >= 0.6 is 31.9 Å². The maximum Gasteiger partial charge on any atom is 0.343 e. The van der Waals surface area contributed by atoms with E-state index in [2.05, 4.69) is 31.9 Å². The zero-order chi connectivity index (χ0) is 26.2. The monoisotopic (exact) mass is 627 g/mol. The maximum absolute atomic E-state index is 14.2. The smallest absolute Gasteiger partial charge is 0.343 e. The number of ether oxygens (including phenoxy) is 1. The number of esters is 1. The first-order valence-electron chi connectivity index (χ1n) is 12.2. The van der Waals surface area contributed by atoms with E-state index in [1.165, 1.54) is 4.90 Å². The zero-order valence-electron chi connectivity index (χ0n) is 19.8. The van der Waals surface area contributed by atoms with Crippen LogP contribution < -0.4 is 9.64 Å². The fraction of sp³-hybridized carbons (Fsp3) is 0.129. The van der Waals surface area contributed by atoms with E-state index in [0.29, 0.717) is 11.4 Å². The van der Waals surface area contributed by atoms with Gasteiger partial charge >= 0.3 is 5.97 Å². The molecule has 8 rings (SSSR count). The summed E-state index contributed by atoms with van der Waals surface area (Å²) in [6, 6.07) is 31.2. The van der Waals surface area contributed by atoms with Gasteiger partial charge < -0.3 is 4.74 Å². The van der Waals surface area contributed by atoms with Crippen LogP contribution in [0.3, 0.4) is 0 Å². The van der Waals surface area contributed by atoms with Crippen LogP contribution in [0.4, 0.5) is 5.69 Å². The third kappa shape index (κ3) is 2.94. The lowest BCUT2D eigenvalue weighted by Crippen LogP contribution is -2.56. The van der Waals surface area contributed by atoms with Crippen LogP contribution in [0.1, 0.15) is 32.6 Å². The van der Waals surface area contributed by atoms with Crippen molar-refractivity contribution in [3.8, 4) is 5.75 Å². The van der Waals surface area contributed by atoms with Crippen molar-refractivity contribution in [1.29, 1.82) is 0 Å². The van der Waals surface area contributed by atoms with Gasteiger partial charge in [-0.25, -0.2) is 9.69 Å². The molecule has 1 fully saturated rings. The standard InChI is InChI=1S/C31H19Br2NO4/c32-30-21-13-4-5-14-22(21)31(33,24-16-7-6-15-23(24)30)26-25(30)27(35)34(28(26)36)19-10-8-9-18(17-19)29(37)38-20-11-2-1-3-12-20/h1-17,25-26H/t25-,26-,30?,31?/m1/s1. The molecule has 3 aliphatic carbocycles. The minimum atomic E-state index is -0.869. The molecule has 1 saturated heterocycles. The predicted octanol–water partition coefficient (Wildman–Crippen LogP) is 6.32. The number of imide groups is 1. The molecule has 0 radical (unpaired) electrons. The third-order valence-electron chi connectivity index (χ3n) is 7.88. The largest absolute Gasteiger partial charge is 0.423 e. The molecule has 4 aromatic rings. The number of nitrogens with zero attached hydrogens (tertiary/aromatic N) is 1. The SMILES string of the molecule is O=C(Oc1ccccc1)c1cccc(N2C(=O)[C@H]3[C@H](C2=O)C2(Br)c4ccccc4C3(Br)c3ccccc32)c1. The van der Waals surface area contributed by atoms with Crippen LogP contribution in [-0.4, -0.2) is 17.8 Å². The number of amides is 2. The van der Waals surface area contributed by atoms with E-state index in [9.17, 15) is 14.4 Å². The Morgan fingerprint density at radius 1 is 0.658 bits per heavy atom. The average molecular weight is 629 g/mol. The second-order valence-corrected chi connectivity index (χ2v) is 12.2. The first kappa shape index (κ1) is 23.6. The summed E-state index contributed by atoms with van der Waals surface area (Å²) < 4.78 is 3.75. The first-order valence-corrected chi connectivity index (χ1v) is 13.8. The zero-order valence-corrected chi connectivity index (χ0v) is 23.0. The Kier molecular flexibility index (Phi) is 5.10. The van der Waals surface area contributed by atoms with Crippen molar-refractivity contribution in [2.24, 2.45) is 11.8 Å². The average Bonchev–Trinajstić information content (AvgIpc) is 3.23. The van der Waals surface area contributed by atoms with Gasteiger partial charge in [0.1, 0.15) is 5.75 Å². The van der Waals surface area contributed by atoms with Gasteiger partial charge in [-0.3, -0.25) is 9.59 Å². The van der Waals surface area contributed by atoms with Crippen LogP contribution in [0.25, 0.3) is 0 Å². The molecule has 4 aliphatic rings. The van der Waals surface area contributed by atoms with Gasteiger partial charge in [-0.05, 0) is 52.6 Å². The molecule has 1 aliphatic heterocycles. The summed E-state index contributed by atoms with van der Waals surface area (Å²) in [5.41, 5.74) is 4.48. The molecule has 2 atom stereocenters. The molecule has 2 amide bonds. The van der Waals surface area contributed by atoms with Gasteiger partial charge in [0.2, 0.25) is 11.8 Å². The molecular weight excluding hydrogens is 610 g/mol. The summed E-state index contributed by atoms with van der Waals surface area (Å²) in [6.45, 7) is 0. The highest BCUT2D eigenvalue weighted by Gasteiger charge is 2.72. The molecule has 0 aromatic heterocycles. The van der Waals surface area contributed by atoms with Gasteiger partial charge in [0.05, 0.1) is 31.7 Å². The molecule has 7 heteroatoms. The molecule has 0 spiro atoms. The number of carbonyl (C=O) groups excluding carboxylic acids is 3. The minimum Gasteiger partial charge on any atom is -0.423 e. The fourth-order valence-electron chi connectivity index (χ4n) is 6.35. The summed E-state index contributed by atoms with van der Waals surface area (Å²) in [5.74, 6) is -2.13. The van der Waals surface area contributed by atoms with Crippen LogP contribution in [-0.2, 0) is 18.2 Å². The van der Waals surface area contributed by atoms with Gasteiger partial charge in [-0.2, -0.15) is 0 Å². The first-order chi connectivity index (χ1) is 18.4. The van der Waals surface area contributed by atoms with E-state index in [1.54, 1.807) is 48.5 Å². The number of hydrogen-bond donors (Lipinski definition) is 0. The molecular formula is C31H19Br2NO4. The second kappa shape index (κ2) is 8.22. The van der Waals surface area contributed by atoms with Gasteiger partial charge in [0.15, 0.2) is 0 Å². The quantitative estimate of drug-likeness (QED) is 0.115. The summed E-state index contributed by atoms with van der Waals surface area (Å²) >= 11 is 8.02. The van der Waals surface area contributed by atoms with Crippen LogP contribution in [0, 0.1) is 11.8 Å². The molecule has 5 nitrogen and oxygen atoms in total. The number of rotatable bonds is 3. The topological polar surface area (TPSA) is 63.7 Å². The molecule has 1 heterocycles. The second-order valence-electron chi connectivity index (χ2n) is 9.73. The highest BCUT2D eigenvalue weighted by molar-refractivity contribution is 9.10. The Morgan fingerprint density at radius 2 is 1.13 bits per heavy atom. The minimum absolute atomic E-state index is 0.249. The Labute approximate surface area is 235 Å². The number of carbonyl (C=O) groups is 3. The van der Waals surface area contributed by atoms with Crippen molar-refractivity contribution in [2.75, 3.05) is 4.90 Å². The predicted molar refractivity (Wildman–Crippen MR) is 150 cm³/mol. The molecule has 186 valence electrons. The van der Waals surface area contributed by atoms with Gasteiger partial charge in [-0.1, -0.05) is 105 Å². The highest BCUT2D eigenvalue weighted by atomic mass is 79.9. The Balaban J connectivity index is 1.34. The summed E-state index contributed by atoms with van der Waals surface area (Å²) in [7, 11) is 0. The van der Waals surface area contributed by atoms with E-state index in [-0.39, 0.29) is 17.4 Å². The van der Waals surface area contributed by atoms with Crippen LogP contribution in [0.15, 0.2) is 103 Å². The summed E-state index contributed by atoms with van der Waals surface area (Å²) in [5, 5.41) is 0. The molecule has 0 unspecified atom stereocenters. The summed E-state index contributed by atoms with van der Waals surface area (Å²) in [4.78, 5) is 42.6. The third-order valence-corrected chi connectivity index (χ3v) is 10.6. The van der Waals surface area contributed by atoms with Crippen molar-refractivity contribution in [3.05, 3.63) is 131 Å². The Morgan fingerprint density at radius 3 is 1.63 bits per heavy atom. The molecule has 0 N–H and O–H groups in total. The van der Waals surface area contributed by atoms with Crippen LogP contribution in [0.2, 0.25) is 0 Å². The van der Waals surface area contributed by atoms with E-state index in [1.807, 2.05) is 54.6 Å².